The molecule has 0 aliphatic heterocycles. The van der Waals surface area contributed by atoms with Crippen molar-refractivity contribution in [1.29, 1.82) is 0 Å². The number of nitrogens with zero attached hydrogens (tertiary/aromatic N) is 3. The molecule has 3 aromatic heterocycles. The fourth-order valence-electron chi connectivity index (χ4n) is 3.64. The van der Waals surface area contributed by atoms with Gasteiger partial charge >= 0.3 is 6.18 Å². The van der Waals surface area contributed by atoms with Gasteiger partial charge in [0.05, 0.1) is 21.5 Å². The summed E-state index contributed by atoms with van der Waals surface area (Å²) in [5.41, 5.74) is 7.44. The topological polar surface area (TPSA) is 103 Å². The highest BCUT2D eigenvalue weighted by atomic mass is 79.9. The molecule has 182 valence electrons. The molecule has 2 amide bonds. The van der Waals surface area contributed by atoms with Crippen LogP contribution in [0.1, 0.15) is 32.3 Å². The number of rotatable bonds is 5. The summed E-state index contributed by atoms with van der Waals surface area (Å²) < 4.78 is 43.1. The molecule has 7 nitrogen and oxygen atoms in total. The number of thiophene rings is 1. The number of fused-ring (bicyclic) bond motifs is 1. The van der Waals surface area contributed by atoms with Crippen molar-refractivity contribution in [3.63, 3.8) is 0 Å². The Labute approximate surface area is 210 Å². The van der Waals surface area contributed by atoms with Crippen LogP contribution in [0.2, 0.25) is 0 Å². The normalized spacial score (nSPS) is 11.7. The number of aromatic nitrogens is 3. The third-order valence-corrected chi connectivity index (χ3v) is 7.64. The van der Waals surface area contributed by atoms with E-state index in [9.17, 15) is 22.8 Å². The molecule has 1 aromatic carbocycles. The minimum atomic E-state index is -4.71. The van der Waals surface area contributed by atoms with Crippen molar-refractivity contribution in [2.75, 3.05) is 5.32 Å². The van der Waals surface area contributed by atoms with E-state index in [-0.39, 0.29) is 32.9 Å². The zero-order chi connectivity index (χ0) is 25.7. The number of hydrogen-bond acceptors (Lipinski definition) is 5. The summed E-state index contributed by atoms with van der Waals surface area (Å²) in [4.78, 5) is 28.8. The highest BCUT2D eigenvalue weighted by molar-refractivity contribution is 9.10. The van der Waals surface area contributed by atoms with Crippen LogP contribution in [0.3, 0.4) is 0 Å². The van der Waals surface area contributed by atoms with E-state index < -0.39 is 23.7 Å². The fraction of sp³-hybridized carbons (Fsp3) is 0.217. The van der Waals surface area contributed by atoms with Crippen molar-refractivity contribution < 1.29 is 22.8 Å². The van der Waals surface area contributed by atoms with Crippen LogP contribution >= 0.6 is 27.3 Å². The van der Waals surface area contributed by atoms with Gasteiger partial charge in [-0.25, -0.2) is 4.98 Å². The molecule has 0 saturated heterocycles. The van der Waals surface area contributed by atoms with Gasteiger partial charge in [-0.3, -0.25) is 14.3 Å². The molecule has 0 bridgehead atoms. The molecule has 0 spiro atoms. The molecular formula is C23H19BrF3N5O2S. The van der Waals surface area contributed by atoms with Crippen molar-refractivity contribution in [3.8, 4) is 11.1 Å². The van der Waals surface area contributed by atoms with Crippen LogP contribution in [-0.4, -0.2) is 26.6 Å². The Morgan fingerprint density at radius 2 is 1.83 bits per heavy atom. The highest BCUT2D eigenvalue weighted by Crippen LogP contribution is 2.43. The summed E-state index contributed by atoms with van der Waals surface area (Å²) in [5, 5.41) is 7.18. The van der Waals surface area contributed by atoms with E-state index >= 15 is 0 Å². The van der Waals surface area contributed by atoms with Crippen molar-refractivity contribution in [2.24, 2.45) is 5.73 Å². The Morgan fingerprint density at radius 1 is 1.17 bits per heavy atom. The van der Waals surface area contributed by atoms with Crippen LogP contribution in [0, 0.1) is 20.8 Å². The van der Waals surface area contributed by atoms with Crippen molar-refractivity contribution >= 4 is 55.0 Å². The number of nitrogens with two attached hydrogens (primary N) is 1. The van der Waals surface area contributed by atoms with E-state index in [0.29, 0.717) is 22.6 Å². The molecule has 0 radical (unpaired) electrons. The number of aryl methyl sites for hydroxylation is 2. The molecule has 0 unspecified atom stereocenters. The molecule has 3 N–H and O–H groups in total. The molecule has 0 aliphatic rings. The Morgan fingerprint density at radius 3 is 2.37 bits per heavy atom. The molecule has 0 fully saturated rings. The molecule has 0 saturated carbocycles. The first-order valence-corrected chi connectivity index (χ1v) is 11.9. The second kappa shape index (κ2) is 9.08. The van der Waals surface area contributed by atoms with E-state index in [1.165, 1.54) is 4.68 Å². The van der Waals surface area contributed by atoms with Gasteiger partial charge in [0, 0.05) is 5.39 Å². The number of anilines is 1. The summed E-state index contributed by atoms with van der Waals surface area (Å²) >= 11 is 4.10. The Kier molecular flexibility index (Phi) is 6.45. The predicted octanol–water partition coefficient (Wildman–Crippen LogP) is 5.60. The Balaban J connectivity index is 1.89. The number of benzene rings is 1. The lowest BCUT2D eigenvalue weighted by Gasteiger charge is -2.13. The smallest absolute Gasteiger partial charge is 0.365 e. The maximum Gasteiger partial charge on any atom is 0.433 e. The van der Waals surface area contributed by atoms with Crippen LogP contribution in [0.25, 0.3) is 21.3 Å². The maximum atomic E-state index is 13.6. The first-order chi connectivity index (χ1) is 16.4. The number of carbonyl (C=O) groups excluding carboxylic acids is 2. The van der Waals surface area contributed by atoms with Crippen molar-refractivity contribution in [3.05, 3.63) is 62.3 Å². The number of carbonyl (C=O) groups is 2. The third kappa shape index (κ3) is 4.80. The van der Waals surface area contributed by atoms with E-state index in [4.69, 9.17) is 5.73 Å². The number of primary amides is 1. The SMILES string of the molecule is Cc1ccc(-c2cc(C(F)(F)F)nc3sc(C(N)=O)c(NC(=O)Cn4nc(C)c(Br)c4C)c23)cc1. The van der Waals surface area contributed by atoms with Gasteiger partial charge in [0.15, 0.2) is 0 Å². The van der Waals surface area contributed by atoms with Gasteiger partial charge in [0.1, 0.15) is 21.9 Å². The number of hydrogen-bond donors (Lipinski definition) is 2. The largest absolute Gasteiger partial charge is 0.433 e. The van der Waals surface area contributed by atoms with Crippen LogP contribution in [-0.2, 0) is 17.5 Å². The maximum absolute atomic E-state index is 13.6. The number of alkyl halides is 3. The summed E-state index contributed by atoms with van der Waals surface area (Å²) in [5.74, 6) is -1.42. The average molecular weight is 566 g/mol. The Hall–Kier alpha value is -3.25. The first-order valence-electron chi connectivity index (χ1n) is 10.3. The molecule has 35 heavy (non-hydrogen) atoms. The van der Waals surface area contributed by atoms with Gasteiger partial charge in [0.25, 0.3) is 5.91 Å². The lowest BCUT2D eigenvalue weighted by atomic mass is 10.00. The molecule has 0 aliphatic carbocycles. The van der Waals surface area contributed by atoms with E-state index in [0.717, 1.165) is 21.8 Å². The summed E-state index contributed by atoms with van der Waals surface area (Å²) in [6.45, 7) is 5.23. The van der Waals surface area contributed by atoms with Gasteiger partial charge < -0.3 is 11.1 Å². The minimum absolute atomic E-state index is 0.0277. The number of nitrogens with one attached hydrogen (secondary N) is 1. The monoisotopic (exact) mass is 565 g/mol. The summed E-state index contributed by atoms with van der Waals surface area (Å²) in [6, 6.07) is 7.78. The highest BCUT2D eigenvalue weighted by Gasteiger charge is 2.35. The van der Waals surface area contributed by atoms with Crippen LogP contribution in [0.4, 0.5) is 18.9 Å². The molecule has 12 heteroatoms. The second-order valence-electron chi connectivity index (χ2n) is 7.96. The molecule has 0 atom stereocenters. The van der Waals surface area contributed by atoms with Crippen LogP contribution < -0.4 is 11.1 Å². The van der Waals surface area contributed by atoms with E-state index in [1.54, 1.807) is 38.1 Å². The molecule has 4 aromatic rings. The minimum Gasteiger partial charge on any atom is -0.365 e. The molecule has 3 heterocycles. The van der Waals surface area contributed by atoms with Crippen molar-refractivity contribution in [1.82, 2.24) is 14.8 Å². The zero-order valence-corrected chi connectivity index (χ0v) is 21.2. The van der Waals surface area contributed by atoms with Crippen molar-refractivity contribution in [2.45, 2.75) is 33.5 Å². The van der Waals surface area contributed by atoms with Crippen LogP contribution in [0.15, 0.2) is 34.8 Å². The number of pyridine rings is 1. The van der Waals surface area contributed by atoms with Gasteiger partial charge in [-0.2, -0.15) is 18.3 Å². The number of halogens is 4. The predicted molar refractivity (Wildman–Crippen MR) is 131 cm³/mol. The van der Waals surface area contributed by atoms with Gasteiger partial charge in [-0.1, -0.05) is 29.8 Å². The lowest BCUT2D eigenvalue weighted by molar-refractivity contribution is -0.140. The fourth-order valence-corrected chi connectivity index (χ4v) is 4.93. The van der Waals surface area contributed by atoms with Crippen LogP contribution in [0.5, 0.6) is 0 Å². The molecular weight excluding hydrogens is 547 g/mol. The van der Waals surface area contributed by atoms with E-state index in [2.05, 4.69) is 31.3 Å². The van der Waals surface area contributed by atoms with Gasteiger partial charge in [-0.05, 0) is 53.9 Å². The summed E-state index contributed by atoms with van der Waals surface area (Å²) in [7, 11) is 0. The zero-order valence-electron chi connectivity index (χ0n) is 18.7. The lowest BCUT2D eigenvalue weighted by Crippen LogP contribution is -2.22. The second-order valence-corrected chi connectivity index (χ2v) is 9.75. The first kappa shape index (κ1) is 24.9. The molecule has 4 rings (SSSR count). The standard InChI is InChI=1S/C23H19BrF3N5O2S/c1-10-4-6-13(7-5-10)14-8-15(23(25,26)27)29-22-17(14)19(20(35-22)21(28)34)30-16(33)9-32-12(3)18(24)11(2)31-32/h4-8H,9H2,1-3H3,(H2,28,34)(H,30,33). The number of amides is 2. The van der Waals surface area contributed by atoms with E-state index in [1.807, 2.05) is 6.92 Å². The van der Waals surface area contributed by atoms with Gasteiger partial charge in [0.2, 0.25) is 5.91 Å². The quantitative estimate of drug-likeness (QED) is 0.328. The Bertz CT molecular complexity index is 1480. The van der Waals surface area contributed by atoms with Gasteiger partial charge in [-0.15, -0.1) is 11.3 Å². The third-order valence-electron chi connectivity index (χ3n) is 5.39. The summed E-state index contributed by atoms with van der Waals surface area (Å²) in [6.07, 6.45) is -4.71. The average Bonchev–Trinajstić information content (AvgIpc) is 3.26.